The molecule has 0 aromatic heterocycles. The van der Waals surface area contributed by atoms with Crippen LogP contribution >= 0.6 is 11.8 Å². The molecule has 4 atom stereocenters. The number of non-ortho nitro benzene ring substituents is 1. The summed E-state index contributed by atoms with van der Waals surface area (Å²) in [6, 6.07) is 14.1. The molecule has 0 bridgehead atoms. The van der Waals surface area contributed by atoms with E-state index in [9.17, 15) is 39.0 Å². The van der Waals surface area contributed by atoms with Gasteiger partial charge < -0.3 is 25.1 Å². The zero-order valence-corrected chi connectivity index (χ0v) is 25.6. The van der Waals surface area contributed by atoms with Crippen LogP contribution in [0.4, 0.5) is 10.5 Å². The second-order valence-electron chi connectivity index (χ2n) is 9.68. The Bertz CT molecular complexity index is 1610. The highest BCUT2D eigenvalue weighted by atomic mass is 32.2. The minimum Gasteiger partial charge on any atom is -0.456 e. The number of esters is 1. The van der Waals surface area contributed by atoms with Crippen molar-refractivity contribution in [2.45, 2.75) is 38.5 Å². The molecule has 2 unspecified atom stereocenters. The molecule has 1 saturated heterocycles. The molecule has 2 aliphatic rings. The molecule has 0 radical (unpaired) electrons. The fourth-order valence-electron chi connectivity index (χ4n) is 4.50. The van der Waals surface area contributed by atoms with Gasteiger partial charge in [-0.1, -0.05) is 30.3 Å². The minimum atomic E-state index is -2.17. The number of nitro benzene ring substituents is 1. The van der Waals surface area contributed by atoms with Crippen LogP contribution in [0.3, 0.4) is 0 Å². The molecule has 1 N–H and O–H groups in total. The van der Waals surface area contributed by atoms with Crippen molar-refractivity contribution >= 4 is 57.2 Å². The Morgan fingerprint density at radius 2 is 1.76 bits per heavy atom. The van der Waals surface area contributed by atoms with Crippen molar-refractivity contribution in [3.8, 4) is 0 Å². The minimum absolute atomic E-state index is 0.0571. The summed E-state index contributed by atoms with van der Waals surface area (Å²) in [5, 5.41) is 11.8. The number of thioether (sulfide) groups is 1. The van der Waals surface area contributed by atoms with E-state index in [-0.39, 0.29) is 52.8 Å². The van der Waals surface area contributed by atoms with Gasteiger partial charge in [0, 0.05) is 31.4 Å². The van der Waals surface area contributed by atoms with E-state index in [2.05, 4.69) is 10.1 Å². The fourth-order valence-corrected chi connectivity index (χ4v) is 7.40. The predicted molar refractivity (Wildman–Crippen MR) is 159 cm³/mol. The number of amides is 2. The van der Waals surface area contributed by atoms with Gasteiger partial charge >= 0.3 is 17.2 Å². The van der Waals surface area contributed by atoms with Gasteiger partial charge in [-0.05, 0) is 30.2 Å². The molecule has 45 heavy (non-hydrogen) atoms. The van der Waals surface area contributed by atoms with Gasteiger partial charge in [-0.15, -0.1) is 11.8 Å². The summed E-state index contributed by atoms with van der Waals surface area (Å²) in [5.74, 6) is -2.94. The van der Waals surface area contributed by atoms with Gasteiger partial charge in [0.05, 0.1) is 4.92 Å². The number of carbonyl (C=O) groups is 4. The number of rotatable bonds is 12. The predicted octanol–water partition coefficient (Wildman–Crippen LogP) is 2.64. The largest absolute Gasteiger partial charge is 0.508 e. The molecule has 0 saturated carbocycles. The summed E-state index contributed by atoms with van der Waals surface area (Å²) in [6.07, 6.45) is -2.33. The summed E-state index contributed by atoms with van der Waals surface area (Å²) >= 11 is 0.946. The average molecular weight is 658 g/mol. The summed E-state index contributed by atoms with van der Waals surface area (Å²) < 4.78 is 29.4. The number of β-lactam (4-membered cyclic amide) rings is 1. The van der Waals surface area contributed by atoms with Crippen molar-refractivity contribution in [1.29, 1.82) is 0 Å². The van der Waals surface area contributed by atoms with Gasteiger partial charge in [0.1, 0.15) is 35.5 Å². The van der Waals surface area contributed by atoms with E-state index < -0.39 is 51.2 Å². The van der Waals surface area contributed by atoms with Gasteiger partial charge in [-0.3, -0.25) is 24.6 Å². The molecule has 1 fully saturated rings. The van der Waals surface area contributed by atoms with Crippen LogP contribution < -0.4 is 5.32 Å². The van der Waals surface area contributed by atoms with E-state index in [0.717, 1.165) is 16.7 Å². The highest BCUT2D eigenvalue weighted by Crippen LogP contribution is 2.44. The molecule has 2 aromatic rings. The van der Waals surface area contributed by atoms with E-state index >= 15 is 0 Å². The first kappa shape index (κ1) is 33.0. The normalized spacial score (nSPS) is 19.4. The maximum absolute atomic E-state index is 13.6. The number of hydrogen-bond acceptors (Lipinski definition) is 11. The monoisotopic (exact) mass is 657 g/mol. The lowest BCUT2D eigenvalue weighted by Gasteiger charge is -2.49. The van der Waals surface area contributed by atoms with Gasteiger partial charge in [0.2, 0.25) is 11.8 Å². The molecule has 0 spiro atoms. The SMILES string of the molecule is CC(=O)NCCSC1=C(C(=O)OCc2ccccc2)N2C(=O)[C@H](C(C)OC(=O)OCc3ccc([N+](=O)[O-])cc3)[C@H]2S(=O)C1=[N+]=[N-]. The van der Waals surface area contributed by atoms with Crippen molar-refractivity contribution in [2.24, 2.45) is 5.92 Å². The quantitative estimate of drug-likeness (QED) is 0.0667. The Labute approximate surface area is 263 Å². The molecule has 2 heterocycles. The Kier molecular flexibility index (Phi) is 10.8. The number of nitrogens with one attached hydrogen (secondary N) is 1. The summed E-state index contributed by atoms with van der Waals surface area (Å²) in [6.45, 7) is 2.45. The number of hydrogen-bond donors (Lipinski definition) is 1. The molecule has 4 rings (SSSR count). The fraction of sp³-hybridized carbons (Fsp3) is 0.321. The molecule has 2 aliphatic heterocycles. The molecular formula is C28H27N5O10S2. The number of nitro groups is 1. The maximum atomic E-state index is 13.6. The van der Waals surface area contributed by atoms with E-state index in [1.165, 1.54) is 38.1 Å². The highest BCUT2D eigenvalue weighted by molar-refractivity contribution is 8.10. The highest BCUT2D eigenvalue weighted by Gasteiger charge is 2.63. The van der Waals surface area contributed by atoms with Crippen LogP contribution in [0.2, 0.25) is 0 Å². The second kappa shape index (κ2) is 14.7. The van der Waals surface area contributed by atoms with Gasteiger partial charge in [-0.2, -0.15) is 4.79 Å². The van der Waals surface area contributed by atoms with Crippen molar-refractivity contribution < 1.29 is 47.3 Å². The lowest BCUT2D eigenvalue weighted by atomic mass is 9.91. The van der Waals surface area contributed by atoms with Gasteiger partial charge in [0.25, 0.3) is 5.69 Å². The Morgan fingerprint density at radius 1 is 1.11 bits per heavy atom. The van der Waals surface area contributed by atoms with E-state index in [4.69, 9.17) is 14.2 Å². The first-order valence-electron chi connectivity index (χ1n) is 13.4. The number of ether oxygens (including phenoxy) is 3. The first-order chi connectivity index (χ1) is 21.5. The van der Waals surface area contributed by atoms with Crippen LogP contribution in [-0.2, 0) is 52.6 Å². The number of benzene rings is 2. The topological polar surface area (TPSA) is 208 Å². The van der Waals surface area contributed by atoms with E-state index in [1.807, 2.05) is 0 Å². The van der Waals surface area contributed by atoms with Gasteiger partial charge in [0.15, 0.2) is 16.5 Å². The molecule has 15 nitrogen and oxygen atoms in total. The number of nitrogens with zero attached hydrogens (tertiary/aromatic N) is 4. The zero-order valence-electron chi connectivity index (χ0n) is 23.9. The van der Waals surface area contributed by atoms with Crippen LogP contribution in [0.5, 0.6) is 0 Å². The van der Waals surface area contributed by atoms with Crippen LogP contribution in [-0.4, -0.2) is 71.6 Å². The Morgan fingerprint density at radius 3 is 2.38 bits per heavy atom. The smallest absolute Gasteiger partial charge is 0.456 e. The molecule has 0 aliphatic carbocycles. The van der Waals surface area contributed by atoms with Crippen LogP contribution in [0.15, 0.2) is 65.2 Å². The first-order valence-corrected chi connectivity index (χ1v) is 15.6. The van der Waals surface area contributed by atoms with Crippen molar-refractivity contribution in [3.63, 3.8) is 0 Å². The third-order valence-electron chi connectivity index (χ3n) is 6.66. The second-order valence-corrected chi connectivity index (χ2v) is 12.3. The summed E-state index contributed by atoms with van der Waals surface area (Å²) in [4.78, 5) is 65.0. The maximum Gasteiger partial charge on any atom is 0.508 e. The standard InChI is InChI=1S/C28H27N5O10S2/c1-16(43-28(37)42-15-19-8-10-20(11-9-19)33(38)39)21-25(35)32-22(27(36)41-14-18-6-4-3-5-7-18)23(44-13-12-30-17(2)34)24(31-29)45(40)26(21)32/h3-11,16,21,26H,12-15H2,1-2H3,(H,30,34)/t16?,21-,26+,45?/m0/s1. The lowest BCUT2D eigenvalue weighted by molar-refractivity contribution is -0.384. The average Bonchev–Trinajstić information content (AvgIpc) is 3.01. The van der Waals surface area contributed by atoms with E-state index in [0.29, 0.717) is 11.1 Å². The molecule has 17 heteroatoms. The van der Waals surface area contributed by atoms with Crippen molar-refractivity contribution in [3.05, 3.63) is 92.0 Å². The van der Waals surface area contributed by atoms with Gasteiger partial charge in [-0.25, -0.2) is 13.8 Å². The molecule has 236 valence electrons. The van der Waals surface area contributed by atoms with E-state index in [1.54, 1.807) is 30.3 Å². The van der Waals surface area contributed by atoms with Crippen molar-refractivity contribution in [2.75, 3.05) is 12.3 Å². The molecular weight excluding hydrogens is 630 g/mol. The van der Waals surface area contributed by atoms with Crippen molar-refractivity contribution in [1.82, 2.24) is 10.2 Å². The Hall–Kier alpha value is -4.86. The summed E-state index contributed by atoms with van der Waals surface area (Å²) in [7, 11) is -2.17. The number of fused-ring (bicyclic) bond motifs is 1. The molecule has 2 amide bonds. The number of carbonyl (C=O) groups excluding carboxylic acids is 4. The third-order valence-corrected chi connectivity index (χ3v) is 9.48. The summed E-state index contributed by atoms with van der Waals surface area (Å²) in [5.41, 5.74) is 10.5. The van der Waals surface area contributed by atoms with Crippen LogP contribution in [0.1, 0.15) is 25.0 Å². The zero-order chi connectivity index (χ0) is 32.7. The van der Waals surface area contributed by atoms with Crippen LogP contribution in [0.25, 0.3) is 5.53 Å². The van der Waals surface area contributed by atoms with Crippen LogP contribution in [0, 0.1) is 16.0 Å². The molecule has 2 aromatic carbocycles. The lowest BCUT2D eigenvalue weighted by Crippen LogP contribution is -2.69. The third kappa shape index (κ3) is 7.63. The Balaban J connectivity index is 1.51.